The topological polar surface area (TPSA) is 110 Å². The molecule has 0 amide bonds. The zero-order valence-electron chi connectivity index (χ0n) is 17.9. The van der Waals surface area contributed by atoms with E-state index in [4.69, 9.17) is 9.47 Å². The fourth-order valence-corrected chi connectivity index (χ4v) is 6.05. The lowest BCUT2D eigenvalue weighted by Gasteiger charge is -2.63. The number of esters is 2. The Morgan fingerprint density at radius 1 is 1.31 bits per heavy atom. The van der Waals surface area contributed by atoms with Gasteiger partial charge in [-0.15, -0.1) is 0 Å². The van der Waals surface area contributed by atoms with Crippen LogP contribution in [0.2, 0.25) is 0 Å². The molecule has 162 valence electrons. The largest absolute Gasteiger partial charge is 0.462 e. The number of carbonyl (C=O) groups is 3. The Bertz CT molecular complexity index is 754. The molecule has 0 aromatic rings. The molecule has 1 unspecified atom stereocenters. The molecule has 0 spiro atoms. The first-order valence-electron chi connectivity index (χ1n) is 10.3. The predicted octanol–water partition coefficient (Wildman–Crippen LogP) is 2.28. The quantitative estimate of drug-likeness (QED) is 0.687. The monoisotopic (exact) mass is 408 g/mol. The maximum atomic E-state index is 12.9. The number of ketones is 1. The zero-order valence-corrected chi connectivity index (χ0v) is 17.9. The SMILES string of the molecule is CC(=O)O[C@@H]1CC[C@@]2(C)C(CC(=O)[C@@H](C)[C@]2(O)CCC2=CC(=O)O[C@@H]2O)C1(C)C. The molecule has 0 aromatic carbocycles. The van der Waals surface area contributed by atoms with Gasteiger partial charge >= 0.3 is 11.9 Å². The molecule has 1 aliphatic heterocycles. The maximum Gasteiger partial charge on any atom is 0.333 e. The van der Waals surface area contributed by atoms with E-state index < -0.39 is 34.6 Å². The second-order valence-corrected chi connectivity index (χ2v) is 9.75. The Hall–Kier alpha value is -1.73. The van der Waals surface area contributed by atoms with E-state index in [0.29, 0.717) is 24.8 Å². The van der Waals surface area contributed by atoms with Gasteiger partial charge in [0.1, 0.15) is 11.9 Å². The zero-order chi connectivity index (χ0) is 21.8. The Balaban J connectivity index is 1.92. The van der Waals surface area contributed by atoms with Gasteiger partial charge in [0.25, 0.3) is 0 Å². The fraction of sp³-hybridized carbons (Fsp3) is 0.773. The van der Waals surface area contributed by atoms with Crippen LogP contribution in [0, 0.1) is 22.7 Å². The molecule has 3 aliphatic rings. The Labute approximate surface area is 171 Å². The average molecular weight is 408 g/mol. The number of hydrogen-bond acceptors (Lipinski definition) is 7. The summed E-state index contributed by atoms with van der Waals surface area (Å²) in [4.78, 5) is 35.9. The summed E-state index contributed by atoms with van der Waals surface area (Å²) in [7, 11) is 0. The van der Waals surface area contributed by atoms with E-state index in [1.807, 2.05) is 20.8 Å². The number of aliphatic hydroxyl groups is 2. The second kappa shape index (κ2) is 7.20. The predicted molar refractivity (Wildman–Crippen MR) is 103 cm³/mol. The van der Waals surface area contributed by atoms with Gasteiger partial charge in [0.15, 0.2) is 0 Å². The van der Waals surface area contributed by atoms with Crippen LogP contribution < -0.4 is 0 Å². The molecule has 6 atom stereocenters. The van der Waals surface area contributed by atoms with Crippen LogP contribution in [0.5, 0.6) is 0 Å². The van der Waals surface area contributed by atoms with Gasteiger partial charge in [0.05, 0.1) is 5.60 Å². The van der Waals surface area contributed by atoms with Crippen LogP contribution >= 0.6 is 0 Å². The lowest BCUT2D eigenvalue weighted by atomic mass is 9.43. The Morgan fingerprint density at radius 3 is 2.52 bits per heavy atom. The van der Waals surface area contributed by atoms with Crippen molar-refractivity contribution in [2.45, 2.75) is 84.7 Å². The van der Waals surface area contributed by atoms with Crippen LogP contribution in [0.25, 0.3) is 0 Å². The van der Waals surface area contributed by atoms with E-state index in [1.54, 1.807) is 6.92 Å². The molecule has 7 heteroatoms. The van der Waals surface area contributed by atoms with Crippen molar-refractivity contribution >= 4 is 17.7 Å². The number of aliphatic hydroxyl groups excluding tert-OH is 1. The highest BCUT2D eigenvalue weighted by Crippen LogP contribution is 2.63. The molecule has 2 N–H and O–H groups in total. The van der Waals surface area contributed by atoms with Gasteiger partial charge in [-0.25, -0.2) is 4.79 Å². The molecule has 29 heavy (non-hydrogen) atoms. The number of ether oxygens (including phenoxy) is 2. The Morgan fingerprint density at radius 2 is 1.97 bits per heavy atom. The van der Waals surface area contributed by atoms with E-state index in [2.05, 4.69) is 0 Å². The molecule has 2 saturated carbocycles. The third kappa shape index (κ3) is 3.42. The van der Waals surface area contributed by atoms with Gasteiger partial charge in [-0.3, -0.25) is 9.59 Å². The maximum absolute atomic E-state index is 12.9. The van der Waals surface area contributed by atoms with Crippen molar-refractivity contribution in [1.29, 1.82) is 0 Å². The smallest absolute Gasteiger partial charge is 0.333 e. The summed E-state index contributed by atoms with van der Waals surface area (Å²) in [6.07, 6.45) is 1.70. The molecule has 0 aromatic heterocycles. The highest BCUT2D eigenvalue weighted by Gasteiger charge is 2.65. The molecule has 1 heterocycles. The van der Waals surface area contributed by atoms with Crippen molar-refractivity contribution in [3.05, 3.63) is 11.6 Å². The normalized spacial score (nSPS) is 41.4. The molecular weight excluding hydrogens is 376 g/mol. The molecule has 0 radical (unpaired) electrons. The minimum absolute atomic E-state index is 0.0141. The first-order chi connectivity index (χ1) is 13.3. The number of fused-ring (bicyclic) bond motifs is 1. The summed E-state index contributed by atoms with van der Waals surface area (Å²) < 4.78 is 10.3. The van der Waals surface area contributed by atoms with Crippen molar-refractivity contribution in [3.63, 3.8) is 0 Å². The standard InChI is InChI=1S/C22H32O7/c1-12-15(24)11-16-20(3,4)17(28-13(2)23)7-8-21(16,5)22(12,27)9-6-14-10-18(25)29-19(14)26/h10,12,16-17,19,26-27H,6-9,11H2,1-5H3/t12-,16?,17-,19+,21+,22-/m1/s1. The van der Waals surface area contributed by atoms with Crippen LogP contribution in [0.3, 0.4) is 0 Å². The summed E-state index contributed by atoms with van der Waals surface area (Å²) in [5.41, 5.74) is -1.94. The Kier molecular flexibility index (Phi) is 5.45. The first-order valence-corrected chi connectivity index (χ1v) is 10.3. The van der Waals surface area contributed by atoms with E-state index in [-0.39, 0.29) is 36.6 Å². The van der Waals surface area contributed by atoms with Crippen molar-refractivity contribution in [3.8, 4) is 0 Å². The number of carbonyl (C=O) groups excluding carboxylic acids is 3. The third-order valence-electron chi connectivity index (χ3n) is 7.97. The summed E-state index contributed by atoms with van der Waals surface area (Å²) in [6, 6.07) is 0. The van der Waals surface area contributed by atoms with Crippen LogP contribution in [0.4, 0.5) is 0 Å². The van der Waals surface area contributed by atoms with E-state index in [0.717, 1.165) is 0 Å². The first kappa shape index (κ1) is 22.0. The minimum Gasteiger partial charge on any atom is -0.462 e. The van der Waals surface area contributed by atoms with Crippen molar-refractivity contribution in [2.75, 3.05) is 0 Å². The molecule has 0 saturated heterocycles. The van der Waals surface area contributed by atoms with Gasteiger partial charge in [-0.05, 0) is 31.6 Å². The highest BCUT2D eigenvalue weighted by atomic mass is 16.6. The number of rotatable bonds is 4. The van der Waals surface area contributed by atoms with Crippen LogP contribution in [0.15, 0.2) is 11.6 Å². The molecular formula is C22H32O7. The van der Waals surface area contributed by atoms with Gasteiger partial charge in [-0.1, -0.05) is 27.7 Å². The van der Waals surface area contributed by atoms with Gasteiger partial charge in [0.2, 0.25) is 6.29 Å². The minimum atomic E-state index is -1.31. The molecule has 2 fully saturated rings. The number of cyclic esters (lactones) is 1. The van der Waals surface area contributed by atoms with Crippen molar-refractivity contribution in [2.24, 2.45) is 22.7 Å². The van der Waals surface area contributed by atoms with Gasteiger partial charge < -0.3 is 19.7 Å². The highest BCUT2D eigenvalue weighted by molar-refractivity contribution is 5.85. The number of Topliss-reactive ketones (excluding diaryl/α,β-unsaturated/α-hetero) is 1. The van der Waals surface area contributed by atoms with Crippen LogP contribution in [-0.2, 0) is 23.9 Å². The second-order valence-electron chi connectivity index (χ2n) is 9.75. The summed E-state index contributed by atoms with van der Waals surface area (Å²) in [5, 5.41) is 21.8. The van der Waals surface area contributed by atoms with Crippen LogP contribution in [-0.4, -0.2) is 45.9 Å². The van der Waals surface area contributed by atoms with Crippen LogP contribution in [0.1, 0.15) is 66.7 Å². The number of hydrogen-bond donors (Lipinski definition) is 2. The van der Waals surface area contributed by atoms with E-state index >= 15 is 0 Å². The summed E-state index contributed by atoms with van der Waals surface area (Å²) in [6.45, 7) is 9.17. The lowest BCUT2D eigenvalue weighted by Crippen LogP contribution is -2.67. The van der Waals surface area contributed by atoms with E-state index in [1.165, 1.54) is 13.0 Å². The summed E-state index contributed by atoms with van der Waals surface area (Å²) >= 11 is 0. The lowest BCUT2D eigenvalue weighted by molar-refractivity contribution is -0.230. The van der Waals surface area contributed by atoms with Gasteiger partial charge in [0, 0.05) is 41.7 Å². The van der Waals surface area contributed by atoms with Gasteiger partial charge in [-0.2, -0.15) is 0 Å². The molecule has 7 nitrogen and oxygen atoms in total. The molecule has 3 rings (SSSR count). The molecule has 2 aliphatic carbocycles. The molecule has 0 bridgehead atoms. The summed E-state index contributed by atoms with van der Waals surface area (Å²) in [5.74, 6) is -1.69. The third-order valence-corrected chi connectivity index (χ3v) is 7.97. The fourth-order valence-electron chi connectivity index (χ4n) is 6.05. The van der Waals surface area contributed by atoms with E-state index in [9.17, 15) is 24.6 Å². The van der Waals surface area contributed by atoms with Crippen molar-refractivity contribution < 1.29 is 34.1 Å². The average Bonchev–Trinajstić information content (AvgIpc) is 2.94. The van der Waals surface area contributed by atoms with Crippen molar-refractivity contribution in [1.82, 2.24) is 0 Å².